The van der Waals surface area contributed by atoms with Crippen LogP contribution in [0.3, 0.4) is 0 Å². The molecule has 20 heavy (non-hydrogen) atoms. The molecule has 0 bridgehead atoms. The Kier molecular flexibility index (Phi) is 4.11. The summed E-state index contributed by atoms with van der Waals surface area (Å²) in [4.78, 5) is 0. The van der Waals surface area contributed by atoms with E-state index in [4.69, 9.17) is 4.42 Å². The highest BCUT2D eigenvalue weighted by molar-refractivity contribution is 5.77. The zero-order valence-electron chi connectivity index (χ0n) is 12.6. The maximum Gasteiger partial charge on any atom is 0.134 e. The normalized spacial score (nSPS) is 25.5. The van der Waals surface area contributed by atoms with E-state index in [2.05, 4.69) is 37.4 Å². The van der Waals surface area contributed by atoms with E-state index in [-0.39, 0.29) is 6.04 Å². The Hall–Kier alpha value is -1.28. The quantitative estimate of drug-likeness (QED) is 0.790. The molecule has 0 spiro atoms. The first kappa shape index (κ1) is 13.7. The van der Waals surface area contributed by atoms with Gasteiger partial charge < -0.3 is 9.73 Å². The largest absolute Gasteiger partial charge is 0.459 e. The third kappa shape index (κ3) is 2.90. The summed E-state index contributed by atoms with van der Waals surface area (Å²) in [5.74, 6) is 1.83. The molecule has 1 aliphatic rings. The van der Waals surface area contributed by atoms with Crippen LogP contribution in [0.2, 0.25) is 0 Å². The molecule has 3 unspecified atom stereocenters. The Morgan fingerprint density at radius 1 is 1.15 bits per heavy atom. The summed E-state index contributed by atoms with van der Waals surface area (Å²) < 4.78 is 5.98. The van der Waals surface area contributed by atoms with Gasteiger partial charge in [0.1, 0.15) is 11.3 Å². The molecule has 2 heteroatoms. The van der Waals surface area contributed by atoms with Gasteiger partial charge in [0.25, 0.3) is 0 Å². The zero-order valence-corrected chi connectivity index (χ0v) is 12.6. The lowest BCUT2D eigenvalue weighted by Crippen LogP contribution is -2.36. The fourth-order valence-electron chi connectivity index (χ4n) is 3.36. The Balaban J connectivity index is 1.72. The molecular weight excluding hydrogens is 246 g/mol. The van der Waals surface area contributed by atoms with Crippen molar-refractivity contribution in [2.75, 3.05) is 0 Å². The molecule has 108 valence electrons. The summed E-state index contributed by atoms with van der Waals surface area (Å²) in [7, 11) is 0. The lowest BCUT2D eigenvalue weighted by molar-refractivity contribution is 0.312. The van der Waals surface area contributed by atoms with E-state index >= 15 is 0 Å². The zero-order chi connectivity index (χ0) is 13.9. The van der Waals surface area contributed by atoms with Gasteiger partial charge in [-0.3, -0.25) is 0 Å². The minimum absolute atomic E-state index is 0.285. The first-order chi connectivity index (χ1) is 9.74. The molecule has 0 radical (unpaired) electrons. The van der Waals surface area contributed by atoms with Crippen LogP contribution < -0.4 is 5.32 Å². The lowest BCUT2D eigenvalue weighted by atomic mass is 9.96. The van der Waals surface area contributed by atoms with Gasteiger partial charge in [-0.25, -0.2) is 0 Å². The van der Waals surface area contributed by atoms with Crippen molar-refractivity contribution < 1.29 is 4.42 Å². The molecule has 0 amide bonds. The number of rotatable bonds is 3. The van der Waals surface area contributed by atoms with Crippen LogP contribution >= 0.6 is 0 Å². The maximum atomic E-state index is 5.98. The number of para-hydroxylation sites is 1. The molecule has 1 aromatic carbocycles. The predicted molar refractivity (Wildman–Crippen MR) is 83.8 cm³/mol. The van der Waals surface area contributed by atoms with Crippen molar-refractivity contribution in [1.82, 2.24) is 5.32 Å². The number of furan rings is 1. The minimum Gasteiger partial charge on any atom is -0.459 e. The van der Waals surface area contributed by atoms with Crippen LogP contribution in [0.25, 0.3) is 11.0 Å². The van der Waals surface area contributed by atoms with Crippen molar-refractivity contribution in [3.8, 4) is 0 Å². The molecule has 1 aliphatic carbocycles. The number of hydrogen-bond acceptors (Lipinski definition) is 2. The fourth-order valence-corrected chi connectivity index (χ4v) is 3.36. The lowest BCUT2D eigenvalue weighted by Gasteiger charge is -2.26. The first-order valence-electron chi connectivity index (χ1n) is 7.98. The van der Waals surface area contributed by atoms with Gasteiger partial charge in [0, 0.05) is 11.4 Å². The molecule has 2 nitrogen and oxygen atoms in total. The highest BCUT2D eigenvalue weighted by Gasteiger charge is 2.22. The van der Waals surface area contributed by atoms with Crippen molar-refractivity contribution in [2.45, 2.75) is 58.0 Å². The van der Waals surface area contributed by atoms with E-state index in [1.54, 1.807) is 0 Å². The summed E-state index contributed by atoms with van der Waals surface area (Å²) in [5.41, 5.74) is 0.991. The first-order valence-corrected chi connectivity index (χ1v) is 7.98. The highest BCUT2D eigenvalue weighted by atomic mass is 16.3. The van der Waals surface area contributed by atoms with E-state index in [1.807, 2.05) is 12.1 Å². The summed E-state index contributed by atoms with van der Waals surface area (Å²) in [6, 6.07) is 11.3. The van der Waals surface area contributed by atoms with Crippen molar-refractivity contribution in [2.24, 2.45) is 5.92 Å². The number of nitrogens with one attached hydrogen (secondary N) is 1. The highest BCUT2D eigenvalue weighted by Crippen LogP contribution is 2.28. The van der Waals surface area contributed by atoms with Gasteiger partial charge in [0.05, 0.1) is 6.04 Å². The topological polar surface area (TPSA) is 25.2 Å². The molecular formula is C18H25NO. The van der Waals surface area contributed by atoms with Crippen molar-refractivity contribution in [3.63, 3.8) is 0 Å². The second kappa shape index (κ2) is 6.01. The van der Waals surface area contributed by atoms with E-state index in [9.17, 15) is 0 Å². The Bertz CT molecular complexity index is 526. The molecule has 3 rings (SSSR count). The molecule has 2 aromatic rings. The molecule has 1 N–H and O–H groups in total. The Labute approximate surface area is 121 Å². The van der Waals surface area contributed by atoms with Gasteiger partial charge in [0.15, 0.2) is 0 Å². The smallest absolute Gasteiger partial charge is 0.134 e. The maximum absolute atomic E-state index is 5.98. The van der Waals surface area contributed by atoms with Gasteiger partial charge in [-0.2, -0.15) is 0 Å². The summed E-state index contributed by atoms with van der Waals surface area (Å²) in [6.45, 7) is 4.60. The van der Waals surface area contributed by atoms with E-state index < -0.39 is 0 Å². The van der Waals surface area contributed by atoms with E-state index in [1.165, 1.54) is 37.5 Å². The molecule has 1 saturated carbocycles. The summed E-state index contributed by atoms with van der Waals surface area (Å²) in [6.07, 6.45) is 6.78. The van der Waals surface area contributed by atoms with Crippen molar-refractivity contribution in [1.29, 1.82) is 0 Å². The van der Waals surface area contributed by atoms with Crippen LogP contribution in [0.1, 0.15) is 57.8 Å². The SMILES string of the molecule is CC(NC1CCCCCC1C)c1cc2ccccc2o1. The Morgan fingerprint density at radius 3 is 2.80 bits per heavy atom. The van der Waals surface area contributed by atoms with Crippen LogP contribution in [0, 0.1) is 5.92 Å². The van der Waals surface area contributed by atoms with Gasteiger partial charge in [0.2, 0.25) is 0 Å². The van der Waals surface area contributed by atoms with Gasteiger partial charge in [-0.05, 0) is 37.8 Å². The molecule has 1 fully saturated rings. The number of benzene rings is 1. The van der Waals surface area contributed by atoms with Crippen LogP contribution in [0.15, 0.2) is 34.7 Å². The molecule has 0 aliphatic heterocycles. The molecule has 1 heterocycles. The van der Waals surface area contributed by atoms with Crippen LogP contribution in [-0.2, 0) is 0 Å². The van der Waals surface area contributed by atoms with Gasteiger partial charge >= 0.3 is 0 Å². The molecule has 3 atom stereocenters. The minimum atomic E-state index is 0.285. The predicted octanol–water partition coefficient (Wildman–Crippen LogP) is 5.05. The van der Waals surface area contributed by atoms with Crippen LogP contribution in [0.4, 0.5) is 0 Å². The van der Waals surface area contributed by atoms with E-state index in [0.717, 1.165) is 17.3 Å². The summed E-state index contributed by atoms with van der Waals surface area (Å²) >= 11 is 0. The number of hydrogen-bond donors (Lipinski definition) is 1. The Morgan fingerprint density at radius 2 is 1.95 bits per heavy atom. The fraction of sp³-hybridized carbons (Fsp3) is 0.556. The standard InChI is InChI=1S/C18H25NO/c1-13-8-4-3-5-10-16(13)19-14(2)18-12-15-9-6-7-11-17(15)20-18/h6-7,9,11-14,16,19H,3-5,8,10H2,1-2H3. The molecule has 1 aromatic heterocycles. The van der Waals surface area contributed by atoms with Crippen molar-refractivity contribution >= 4 is 11.0 Å². The van der Waals surface area contributed by atoms with Crippen molar-refractivity contribution in [3.05, 3.63) is 36.1 Å². The second-order valence-corrected chi connectivity index (χ2v) is 6.30. The van der Waals surface area contributed by atoms with Crippen LogP contribution in [-0.4, -0.2) is 6.04 Å². The average Bonchev–Trinajstić information content (AvgIpc) is 2.79. The van der Waals surface area contributed by atoms with Crippen LogP contribution in [0.5, 0.6) is 0 Å². The van der Waals surface area contributed by atoms with E-state index in [0.29, 0.717) is 6.04 Å². The second-order valence-electron chi connectivity index (χ2n) is 6.30. The van der Waals surface area contributed by atoms with Gasteiger partial charge in [-0.1, -0.05) is 44.4 Å². The third-order valence-corrected chi connectivity index (χ3v) is 4.70. The van der Waals surface area contributed by atoms with Gasteiger partial charge in [-0.15, -0.1) is 0 Å². The number of fused-ring (bicyclic) bond motifs is 1. The molecule has 0 saturated heterocycles. The average molecular weight is 271 g/mol. The monoisotopic (exact) mass is 271 g/mol. The summed E-state index contributed by atoms with van der Waals surface area (Å²) in [5, 5.41) is 4.99. The third-order valence-electron chi connectivity index (χ3n) is 4.70.